The largest absolute Gasteiger partial charge is 0.494 e. The lowest BCUT2D eigenvalue weighted by Crippen LogP contribution is -2.12. The monoisotopic (exact) mass is 280 g/mol. The maximum Gasteiger partial charge on any atom is 0.186 e. The van der Waals surface area contributed by atoms with Crippen LogP contribution in [-0.2, 0) is 0 Å². The normalized spacial score (nSPS) is 11.4. The lowest BCUT2D eigenvalue weighted by atomic mass is 9.95. The maximum atomic E-state index is 12.5. The van der Waals surface area contributed by atoms with Crippen molar-refractivity contribution in [1.29, 1.82) is 5.26 Å². The third-order valence-electron chi connectivity index (χ3n) is 2.97. The molecule has 0 saturated heterocycles. The lowest BCUT2D eigenvalue weighted by molar-refractivity contribution is 0.0977. The van der Waals surface area contributed by atoms with E-state index in [1.54, 1.807) is 48.7 Å². The fraction of sp³-hybridized carbons (Fsp3) is 0.235. The number of aromatic nitrogens is 1. The van der Waals surface area contributed by atoms with E-state index in [1.807, 2.05) is 13.0 Å². The fourth-order valence-electron chi connectivity index (χ4n) is 1.93. The van der Waals surface area contributed by atoms with Gasteiger partial charge in [-0.05, 0) is 30.7 Å². The van der Waals surface area contributed by atoms with Crippen molar-refractivity contribution in [1.82, 2.24) is 4.98 Å². The summed E-state index contributed by atoms with van der Waals surface area (Å²) in [5, 5.41) is 9.28. The van der Waals surface area contributed by atoms with Gasteiger partial charge in [0, 0.05) is 11.8 Å². The highest BCUT2D eigenvalue weighted by molar-refractivity contribution is 6.02. The van der Waals surface area contributed by atoms with E-state index in [0.717, 1.165) is 6.42 Å². The van der Waals surface area contributed by atoms with Crippen LogP contribution in [0.3, 0.4) is 0 Å². The van der Waals surface area contributed by atoms with E-state index < -0.39 is 5.92 Å². The average molecular weight is 280 g/mol. The van der Waals surface area contributed by atoms with Crippen molar-refractivity contribution in [2.75, 3.05) is 6.61 Å². The summed E-state index contributed by atoms with van der Waals surface area (Å²) in [5.41, 5.74) is 0.922. The number of hydrogen-bond acceptors (Lipinski definition) is 4. The molecule has 0 unspecified atom stereocenters. The van der Waals surface area contributed by atoms with Crippen LogP contribution in [0.25, 0.3) is 0 Å². The number of nitrogens with zero attached hydrogens (tertiary/aromatic N) is 2. The Morgan fingerprint density at radius 2 is 2.19 bits per heavy atom. The van der Waals surface area contributed by atoms with Crippen LogP contribution in [0.15, 0.2) is 48.7 Å². The summed E-state index contributed by atoms with van der Waals surface area (Å²) in [5.74, 6) is -0.522. The fourth-order valence-corrected chi connectivity index (χ4v) is 1.93. The van der Waals surface area contributed by atoms with Crippen LogP contribution in [-0.4, -0.2) is 17.4 Å². The molecule has 0 aliphatic heterocycles. The third kappa shape index (κ3) is 3.67. The van der Waals surface area contributed by atoms with Crippen LogP contribution in [0.5, 0.6) is 5.75 Å². The quantitative estimate of drug-likeness (QED) is 0.761. The van der Waals surface area contributed by atoms with Gasteiger partial charge in [-0.2, -0.15) is 5.26 Å². The van der Waals surface area contributed by atoms with Crippen molar-refractivity contribution < 1.29 is 9.53 Å². The third-order valence-corrected chi connectivity index (χ3v) is 2.97. The van der Waals surface area contributed by atoms with Gasteiger partial charge in [0.2, 0.25) is 0 Å². The molecule has 0 fully saturated rings. The first-order valence-electron chi connectivity index (χ1n) is 6.84. The standard InChI is InChI=1S/C17H16N2O2/c1-2-10-21-14-7-5-6-13(11-14)17(20)15(12-18)16-8-3-4-9-19-16/h3-9,11,15H,2,10H2,1H3/t15-/m1/s1. The molecule has 1 aromatic carbocycles. The van der Waals surface area contributed by atoms with E-state index in [9.17, 15) is 10.1 Å². The zero-order valence-electron chi connectivity index (χ0n) is 11.8. The topological polar surface area (TPSA) is 63.0 Å². The van der Waals surface area contributed by atoms with E-state index >= 15 is 0 Å². The molecule has 0 aliphatic carbocycles. The second-order valence-corrected chi connectivity index (χ2v) is 4.56. The van der Waals surface area contributed by atoms with Gasteiger partial charge in [0.05, 0.1) is 18.4 Å². The number of carbonyl (C=O) groups excluding carboxylic acids is 1. The van der Waals surface area contributed by atoms with Gasteiger partial charge in [-0.25, -0.2) is 0 Å². The molecule has 2 aromatic rings. The van der Waals surface area contributed by atoms with Gasteiger partial charge in [0.15, 0.2) is 11.7 Å². The number of Topliss-reactive ketones (excluding diaryl/α,β-unsaturated/α-hetero) is 1. The Bertz CT molecular complexity index is 647. The Hall–Kier alpha value is -2.67. The van der Waals surface area contributed by atoms with Gasteiger partial charge < -0.3 is 4.74 Å². The number of carbonyl (C=O) groups is 1. The van der Waals surface area contributed by atoms with Crippen LogP contribution in [0.1, 0.15) is 35.3 Å². The van der Waals surface area contributed by atoms with Crippen LogP contribution in [0.2, 0.25) is 0 Å². The molecule has 1 atom stereocenters. The van der Waals surface area contributed by atoms with Gasteiger partial charge in [-0.15, -0.1) is 0 Å². The minimum Gasteiger partial charge on any atom is -0.494 e. The zero-order valence-corrected chi connectivity index (χ0v) is 11.8. The minimum atomic E-state index is -0.896. The molecular weight excluding hydrogens is 264 g/mol. The number of ether oxygens (including phenoxy) is 1. The Balaban J connectivity index is 2.24. The number of nitriles is 1. The maximum absolute atomic E-state index is 12.5. The Kier molecular flexibility index (Phi) is 5.05. The first-order chi connectivity index (χ1) is 10.3. The number of rotatable bonds is 6. The first kappa shape index (κ1) is 14.7. The molecule has 0 radical (unpaired) electrons. The Morgan fingerprint density at radius 1 is 1.33 bits per heavy atom. The highest BCUT2D eigenvalue weighted by Crippen LogP contribution is 2.21. The van der Waals surface area contributed by atoms with Crippen LogP contribution in [0.4, 0.5) is 0 Å². The van der Waals surface area contributed by atoms with Gasteiger partial charge in [-0.1, -0.05) is 25.1 Å². The van der Waals surface area contributed by atoms with Gasteiger partial charge in [0.1, 0.15) is 5.75 Å². The number of hydrogen-bond donors (Lipinski definition) is 0. The number of benzene rings is 1. The zero-order chi connectivity index (χ0) is 15.1. The van der Waals surface area contributed by atoms with E-state index in [2.05, 4.69) is 4.98 Å². The molecule has 0 saturated carbocycles. The van der Waals surface area contributed by atoms with Crippen molar-refractivity contribution in [3.05, 3.63) is 59.9 Å². The van der Waals surface area contributed by atoms with Crippen molar-refractivity contribution in [2.45, 2.75) is 19.3 Å². The molecule has 2 rings (SSSR count). The van der Waals surface area contributed by atoms with Crippen LogP contribution in [0, 0.1) is 11.3 Å². The highest BCUT2D eigenvalue weighted by atomic mass is 16.5. The molecule has 0 aliphatic rings. The molecule has 0 N–H and O–H groups in total. The predicted molar refractivity (Wildman–Crippen MR) is 79.1 cm³/mol. The molecule has 106 valence electrons. The van der Waals surface area contributed by atoms with Crippen molar-refractivity contribution in [3.63, 3.8) is 0 Å². The van der Waals surface area contributed by atoms with Gasteiger partial charge in [-0.3, -0.25) is 9.78 Å². The highest BCUT2D eigenvalue weighted by Gasteiger charge is 2.23. The first-order valence-corrected chi connectivity index (χ1v) is 6.84. The Labute approximate surface area is 124 Å². The summed E-state index contributed by atoms with van der Waals surface area (Å²) in [6, 6.07) is 14.1. The molecule has 21 heavy (non-hydrogen) atoms. The molecular formula is C17H16N2O2. The summed E-state index contributed by atoms with van der Waals surface area (Å²) in [7, 11) is 0. The average Bonchev–Trinajstić information content (AvgIpc) is 2.55. The van der Waals surface area contributed by atoms with E-state index in [1.165, 1.54) is 0 Å². The summed E-state index contributed by atoms with van der Waals surface area (Å²) < 4.78 is 5.51. The van der Waals surface area contributed by atoms with E-state index in [0.29, 0.717) is 23.6 Å². The van der Waals surface area contributed by atoms with Crippen LogP contribution >= 0.6 is 0 Å². The van der Waals surface area contributed by atoms with E-state index in [-0.39, 0.29) is 5.78 Å². The van der Waals surface area contributed by atoms with Crippen molar-refractivity contribution in [2.24, 2.45) is 0 Å². The number of pyridine rings is 1. The predicted octanol–water partition coefficient (Wildman–Crippen LogP) is 3.36. The summed E-state index contributed by atoms with van der Waals surface area (Å²) in [4.78, 5) is 16.6. The summed E-state index contributed by atoms with van der Waals surface area (Å²) in [6.45, 7) is 2.61. The lowest BCUT2D eigenvalue weighted by Gasteiger charge is -2.09. The molecule has 4 heteroatoms. The summed E-state index contributed by atoms with van der Waals surface area (Å²) in [6.07, 6.45) is 2.47. The molecule has 1 aromatic heterocycles. The van der Waals surface area contributed by atoms with Crippen molar-refractivity contribution in [3.8, 4) is 11.8 Å². The van der Waals surface area contributed by atoms with Gasteiger partial charge >= 0.3 is 0 Å². The van der Waals surface area contributed by atoms with Crippen molar-refractivity contribution >= 4 is 5.78 Å². The van der Waals surface area contributed by atoms with E-state index in [4.69, 9.17) is 4.74 Å². The summed E-state index contributed by atoms with van der Waals surface area (Å²) >= 11 is 0. The number of ketones is 1. The SMILES string of the molecule is CCCOc1cccc(C(=O)[C@H](C#N)c2ccccn2)c1. The molecule has 4 nitrogen and oxygen atoms in total. The Morgan fingerprint density at radius 3 is 2.86 bits per heavy atom. The van der Waals surface area contributed by atoms with Crippen LogP contribution < -0.4 is 4.74 Å². The molecule has 0 spiro atoms. The molecule has 0 amide bonds. The molecule has 1 heterocycles. The second kappa shape index (κ2) is 7.20. The smallest absolute Gasteiger partial charge is 0.186 e. The minimum absolute atomic E-state index is 0.266. The molecule has 0 bridgehead atoms. The second-order valence-electron chi connectivity index (χ2n) is 4.56. The van der Waals surface area contributed by atoms with Gasteiger partial charge in [0.25, 0.3) is 0 Å².